The van der Waals surface area contributed by atoms with Gasteiger partial charge in [0.05, 0.1) is 0 Å². The minimum absolute atomic E-state index is 0.0498. The number of nitrogens with zero attached hydrogens (tertiary/aromatic N) is 2. The fraction of sp³-hybridized carbons (Fsp3) is 0.538. The monoisotopic (exact) mass is 232 g/mol. The van der Waals surface area contributed by atoms with Gasteiger partial charge < -0.3 is 10.6 Å². The summed E-state index contributed by atoms with van der Waals surface area (Å²) in [5.41, 5.74) is 7.18. The summed E-state index contributed by atoms with van der Waals surface area (Å²) in [5, 5.41) is 7.50. The standard InChI is InChI=1S/C13H20N4/c1-9-6-11(9)8-17(2)7-10-4-3-5-16-12(10)13(14)15/h3-5,9,11H,6-8H2,1-2H3,(H3,14,15). The van der Waals surface area contributed by atoms with Gasteiger partial charge in [-0.25, -0.2) is 0 Å². The second-order valence-electron chi connectivity index (χ2n) is 5.09. The average molecular weight is 232 g/mol. The van der Waals surface area contributed by atoms with E-state index >= 15 is 0 Å². The molecule has 0 saturated heterocycles. The van der Waals surface area contributed by atoms with E-state index in [0.29, 0.717) is 5.69 Å². The van der Waals surface area contributed by atoms with Crippen LogP contribution in [-0.4, -0.2) is 29.3 Å². The number of rotatable bonds is 5. The Kier molecular flexibility index (Phi) is 3.43. The van der Waals surface area contributed by atoms with Crippen molar-refractivity contribution in [3.8, 4) is 0 Å². The van der Waals surface area contributed by atoms with E-state index in [4.69, 9.17) is 11.1 Å². The number of nitrogens with two attached hydrogens (primary N) is 1. The summed E-state index contributed by atoms with van der Waals surface area (Å²) in [7, 11) is 2.11. The van der Waals surface area contributed by atoms with Crippen LogP contribution in [0.1, 0.15) is 24.6 Å². The molecule has 4 heteroatoms. The lowest BCUT2D eigenvalue weighted by atomic mass is 10.1. The van der Waals surface area contributed by atoms with E-state index in [2.05, 4.69) is 23.9 Å². The SMILES string of the molecule is CC1CC1CN(C)Cc1cccnc1C(=N)N. The molecular weight excluding hydrogens is 212 g/mol. The zero-order valence-corrected chi connectivity index (χ0v) is 10.5. The van der Waals surface area contributed by atoms with Gasteiger partial charge in [-0.15, -0.1) is 0 Å². The van der Waals surface area contributed by atoms with E-state index in [1.54, 1.807) is 6.20 Å². The Labute approximate surface area is 102 Å². The maximum Gasteiger partial charge on any atom is 0.142 e. The van der Waals surface area contributed by atoms with Crippen LogP contribution in [0.3, 0.4) is 0 Å². The van der Waals surface area contributed by atoms with Gasteiger partial charge in [-0.05, 0) is 36.9 Å². The third-order valence-corrected chi connectivity index (χ3v) is 3.41. The highest BCUT2D eigenvalue weighted by Crippen LogP contribution is 2.38. The van der Waals surface area contributed by atoms with Crippen molar-refractivity contribution in [3.05, 3.63) is 29.6 Å². The van der Waals surface area contributed by atoms with Crippen molar-refractivity contribution in [1.29, 1.82) is 5.41 Å². The molecule has 0 bridgehead atoms. The second kappa shape index (κ2) is 4.84. The summed E-state index contributed by atoms with van der Waals surface area (Å²) >= 11 is 0. The van der Waals surface area contributed by atoms with Gasteiger partial charge in [0.25, 0.3) is 0 Å². The minimum atomic E-state index is 0.0498. The fourth-order valence-corrected chi connectivity index (χ4v) is 2.22. The lowest BCUT2D eigenvalue weighted by Crippen LogP contribution is -2.24. The van der Waals surface area contributed by atoms with Crippen LogP contribution in [0.5, 0.6) is 0 Å². The molecule has 4 nitrogen and oxygen atoms in total. The third-order valence-electron chi connectivity index (χ3n) is 3.41. The van der Waals surface area contributed by atoms with E-state index in [9.17, 15) is 0 Å². The third kappa shape index (κ3) is 3.03. The Balaban J connectivity index is 1.99. The molecule has 1 saturated carbocycles. The number of nitrogen functional groups attached to an aromatic ring is 1. The highest BCUT2D eigenvalue weighted by molar-refractivity contribution is 5.94. The molecule has 1 fully saturated rings. The van der Waals surface area contributed by atoms with Gasteiger partial charge in [-0.1, -0.05) is 13.0 Å². The van der Waals surface area contributed by atoms with Crippen LogP contribution < -0.4 is 5.73 Å². The Morgan fingerprint density at radius 2 is 2.35 bits per heavy atom. The summed E-state index contributed by atoms with van der Waals surface area (Å²) in [6.45, 7) is 4.23. The van der Waals surface area contributed by atoms with Crippen LogP contribution in [0, 0.1) is 17.2 Å². The first-order valence-electron chi connectivity index (χ1n) is 6.04. The molecule has 2 atom stereocenters. The number of hydrogen-bond donors (Lipinski definition) is 2. The van der Waals surface area contributed by atoms with Gasteiger partial charge in [0, 0.05) is 19.3 Å². The maximum atomic E-state index is 7.50. The maximum absolute atomic E-state index is 7.50. The lowest BCUT2D eigenvalue weighted by molar-refractivity contribution is 0.307. The van der Waals surface area contributed by atoms with E-state index in [0.717, 1.165) is 30.5 Å². The van der Waals surface area contributed by atoms with Crippen molar-refractivity contribution in [2.75, 3.05) is 13.6 Å². The van der Waals surface area contributed by atoms with Gasteiger partial charge in [0.1, 0.15) is 11.5 Å². The first-order chi connectivity index (χ1) is 8.08. The topological polar surface area (TPSA) is 66.0 Å². The molecule has 1 aliphatic carbocycles. The average Bonchev–Trinajstić information content (AvgIpc) is 2.94. The normalized spacial score (nSPS) is 22.8. The summed E-state index contributed by atoms with van der Waals surface area (Å²) in [6.07, 6.45) is 3.03. The molecule has 17 heavy (non-hydrogen) atoms. The van der Waals surface area contributed by atoms with Crippen LogP contribution in [0.25, 0.3) is 0 Å². The summed E-state index contributed by atoms with van der Waals surface area (Å²) < 4.78 is 0. The first kappa shape index (κ1) is 12.0. The Hall–Kier alpha value is -1.42. The molecule has 2 unspecified atom stereocenters. The van der Waals surface area contributed by atoms with E-state index in [1.807, 2.05) is 12.1 Å². The van der Waals surface area contributed by atoms with Crippen LogP contribution in [0.15, 0.2) is 18.3 Å². The van der Waals surface area contributed by atoms with E-state index in [1.165, 1.54) is 6.42 Å². The number of amidine groups is 1. The Morgan fingerprint density at radius 1 is 1.65 bits per heavy atom. The number of hydrogen-bond acceptors (Lipinski definition) is 3. The predicted octanol–water partition coefficient (Wildman–Crippen LogP) is 1.45. The van der Waals surface area contributed by atoms with Crippen molar-refractivity contribution >= 4 is 5.84 Å². The first-order valence-corrected chi connectivity index (χ1v) is 6.04. The van der Waals surface area contributed by atoms with Crippen molar-refractivity contribution < 1.29 is 0 Å². The highest BCUT2D eigenvalue weighted by atomic mass is 15.1. The van der Waals surface area contributed by atoms with Crippen molar-refractivity contribution in [1.82, 2.24) is 9.88 Å². The Bertz CT molecular complexity index is 416. The molecule has 0 aliphatic heterocycles. The summed E-state index contributed by atoms with van der Waals surface area (Å²) in [4.78, 5) is 6.45. The zero-order chi connectivity index (χ0) is 12.4. The minimum Gasteiger partial charge on any atom is -0.382 e. The highest BCUT2D eigenvalue weighted by Gasteiger charge is 2.33. The predicted molar refractivity (Wildman–Crippen MR) is 68.9 cm³/mol. The van der Waals surface area contributed by atoms with Crippen molar-refractivity contribution in [2.24, 2.45) is 17.6 Å². The van der Waals surface area contributed by atoms with Gasteiger partial charge in [0.15, 0.2) is 0 Å². The van der Waals surface area contributed by atoms with Crippen LogP contribution >= 0.6 is 0 Å². The molecular formula is C13H20N4. The number of aromatic nitrogens is 1. The number of nitrogens with one attached hydrogen (secondary N) is 1. The molecule has 1 aromatic heterocycles. The number of pyridine rings is 1. The quantitative estimate of drug-likeness (QED) is 0.596. The molecule has 0 amide bonds. The van der Waals surface area contributed by atoms with Crippen LogP contribution in [-0.2, 0) is 6.54 Å². The molecule has 1 aliphatic rings. The fourth-order valence-electron chi connectivity index (χ4n) is 2.22. The van der Waals surface area contributed by atoms with Gasteiger partial charge in [0.2, 0.25) is 0 Å². The lowest BCUT2D eigenvalue weighted by Gasteiger charge is -2.17. The van der Waals surface area contributed by atoms with E-state index < -0.39 is 0 Å². The van der Waals surface area contributed by atoms with Crippen molar-refractivity contribution in [2.45, 2.75) is 19.9 Å². The Morgan fingerprint density at radius 3 is 2.94 bits per heavy atom. The summed E-state index contributed by atoms with van der Waals surface area (Å²) in [5.74, 6) is 1.77. The zero-order valence-electron chi connectivity index (χ0n) is 10.5. The van der Waals surface area contributed by atoms with Crippen LogP contribution in [0.2, 0.25) is 0 Å². The molecule has 0 spiro atoms. The summed E-state index contributed by atoms with van der Waals surface area (Å²) in [6, 6.07) is 3.89. The van der Waals surface area contributed by atoms with Gasteiger partial charge in [-0.3, -0.25) is 10.4 Å². The van der Waals surface area contributed by atoms with Gasteiger partial charge >= 0.3 is 0 Å². The largest absolute Gasteiger partial charge is 0.382 e. The second-order valence-corrected chi connectivity index (χ2v) is 5.09. The molecule has 92 valence electrons. The molecule has 1 aromatic rings. The van der Waals surface area contributed by atoms with E-state index in [-0.39, 0.29) is 5.84 Å². The molecule has 0 aromatic carbocycles. The molecule has 0 radical (unpaired) electrons. The molecule has 1 heterocycles. The van der Waals surface area contributed by atoms with Crippen molar-refractivity contribution in [3.63, 3.8) is 0 Å². The smallest absolute Gasteiger partial charge is 0.142 e. The molecule has 2 rings (SSSR count). The van der Waals surface area contributed by atoms with Gasteiger partial charge in [-0.2, -0.15) is 0 Å². The van der Waals surface area contributed by atoms with Crippen LogP contribution in [0.4, 0.5) is 0 Å². The molecule has 3 N–H and O–H groups in total.